The number of alkyl halides is 1. The molecule has 0 fully saturated rings. The van der Waals surface area contributed by atoms with Crippen LogP contribution >= 0.6 is 22.6 Å². The fourth-order valence-corrected chi connectivity index (χ4v) is 3.04. The molecule has 2 aromatic carbocycles. The van der Waals surface area contributed by atoms with E-state index in [0.717, 1.165) is 22.2 Å². The number of hydrogen-bond donors (Lipinski definition) is 1. The fraction of sp³-hybridized carbons (Fsp3) is 0.368. The van der Waals surface area contributed by atoms with Gasteiger partial charge in [-0.15, -0.1) is 15.0 Å². The van der Waals surface area contributed by atoms with E-state index >= 15 is 0 Å². The smallest absolute Gasteiger partial charge is 0.147 e. The lowest BCUT2D eigenvalue weighted by Crippen LogP contribution is -2.16. The predicted octanol–water partition coefficient (Wildman–Crippen LogP) is 5.09. The van der Waals surface area contributed by atoms with Gasteiger partial charge in [-0.3, -0.25) is 0 Å². The molecule has 0 amide bonds. The number of nitrogens with zero attached hydrogens (tertiary/aromatic N) is 3. The lowest BCUT2D eigenvalue weighted by Gasteiger charge is -2.26. The van der Waals surface area contributed by atoms with Crippen molar-refractivity contribution in [1.82, 2.24) is 15.0 Å². The van der Waals surface area contributed by atoms with Crippen LogP contribution in [0.5, 0.6) is 5.75 Å². The second-order valence-corrected chi connectivity index (χ2v) is 10.3. The number of benzene rings is 2. The third-order valence-electron chi connectivity index (χ3n) is 4.10. The van der Waals surface area contributed by atoms with E-state index in [-0.39, 0.29) is 14.6 Å². The van der Waals surface area contributed by atoms with Crippen molar-refractivity contribution >= 4 is 33.6 Å². The highest BCUT2D eigenvalue weighted by molar-refractivity contribution is 14.1. The van der Waals surface area contributed by atoms with Crippen LogP contribution in [0.4, 0.5) is 0 Å². The molecule has 0 radical (unpaired) electrons. The Balaban J connectivity index is 2.30. The standard InChI is InChI=1S/C19H22IN3O/c1-18(2,3)12-10-13(19(4,5)20)17(24)16(11-12)23-21-14-8-6-7-9-15(14)22-23/h6-11,24H,1-5H3. The number of fused-ring (bicyclic) bond motifs is 1. The van der Waals surface area contributed by atoms with Gasteiger partial charge < -0.3 is 5.11 Å². The number of halogens is 1. The molecule has 0 aliphatic carbocycles. The molecule has 0 saturated heterocycles. The first-order chi connectivity index (χ1) is 11.1. The minimum Gasteiger partial charge on any atom is -0.505 e. The predicted molar refractivity (Wildman–Crippen MR) is 106 cm³/mol. The van der Waals surface area contributed by atoms with E-state index in [1.807, 2.05) is 30.3 Å². The van der Waals surface area contributed by atoms with E-state index in [9.17, 15) is 5.11 Å². The normalized spacial score (nSPS) is 12.8. The number of aromatic hydroxyl groups is 1. The van der Waals surface area contributed by atoms with Crippen LogP contribution in [-0.4, -0.2) is 20.1 Å². The van der Waals surface area contributed by atoms with Crippen molar-refractivity contribution in [3.05, 3.63) is 47.5 Å². The van der Waals surface area contributed by atoms with Gasteiger partial charge in [-0.2, -0.15) is 0 Å². The Morgan fingerprint density at radius 2 is 1.50 bits per heavy atom. The van der Waals surface area contributed by atoms with Crippen LogP contribution in [0.3, 0.4) is 0 Å². The SMILES string of the molecule is CC(C)(C)c1cc(-n2nc3ccccc3n2)c(O)c(C(C)(C)I)c1. The molecule has 0 atom stereocenters. The molecule has 1 aromatic heterocycles. The Hall–Kier alpha value is -1.63. The second-order valence-electron chi connectivity index (χ2n) is 7.59. The van der Waals surface area contributed by atoms with Crippen LogP contribution in [0.2, 0.25) is 0 Å². The van der Waals surface area contributed by atoms with E-state index in [4.69, 9.17) is 0 Å². The average Bonchev–Trinajstić information content (AvgIpc) is 2.88. The third kappa shape index (κ3) is 3.14. The molecule has 0 bridgehead atoms. The van der Waals surface area contributed by atoms with Gasteiger partial charge in [-0.05, 0) is 43.0 Å². The minimum atomic E-state index is -0.204. The van der Waals surface area contributed by atoms with Crippen molar-refractivity contribution in [3.63, 3.8) is 0 Å². The van der Waals surface area contributed by atoms with Crippen LogP contribution in [0.1, 0.15) is 45.7 Å². The summed E-state index contributed by atoms with van der Waals surface area (Å²) < 4.78 is -0.204. The molecule has 24 heavy (non-hydrogen) atoms. The van der Waals surface area contributed by atoms with Crippen LogP contribution < -0.4 is 0 Å². The maximum absolute atomic E-state index is 10.9. The van der Waals surface area contributed by atoms with E-state index in [2.05, 4.69) is 73.5 Å². The molecule has 1 heterocycles. The topological polar surface area (TPSA) is 50.9 Å². The van der Waals surface area contributed by atoms with Gasteiger partial charge in [0.05, 0.1) is 0 Å². The monoisotopic (exact) mass is 435 g/mol. The van der Waals surface area contributed by atoms with Gasteiger partial charge in [0.25, 0.3) is 0 Å². The zero-order valence-electron chi connectivity index (χ0n) is 14.6. The Morgan fingerprint density at radius 3 is 1.96 bits per heavy atom. The molecule has 3 rings (SSSR count). The highest BCUT2D eigenvalue weighted by Crippen LogP contribution is 2.42. The van der Waals surface area contributed by atoms with Gasteiger partial charge in [0.1, 0.15) is 22.5 Å². The highest BCUT2D eigenvalue weighted by atomic mass is 127. The molecule has 3 aromatic rings. The molecule has 126 valence electrons. The molecule has 4 nitrogen and oxygen atoms in total. The fourth-order valence-electron chi connectivity index (χ4n) is 2.63. The summed E-state index contributed by atoms with van der Waals surface area (Å²) in [7, 11) is 0. The zero-order valence-corrected chi connectivity index (χ0v) is 16.8. The first-order valence-electron chi connectivity index (χ1n) is 7.97. The Kier molecular flexibility index (Phi) is 4.10. The first kappa shape index (κ1) is 17.2. The summed E-state index contributed by atoms with van der Waals surface area (Å²) in [6.45, 7) is 10.7. The third-order valence-corrected chi connectivity index (χ3v) is 4.68. The summed E-state index contributed by atoms with van der Waals surface area (Å²) >= 11 is 2.35. The van der Waals surface area contributed by atoms with Gasteiger partial charge in [0.2, 0.25) is 0 Å². The van der Waals surface area contributed by atoms with Crippen molar-refractivity contribution in [1.29, 1.82) is 0 Å². The molecule has 0 aliphatic rings. The zero-order chi connectivity index (χ0) is 17.7. The van der Waals surface area contributed by atoms with Gasteiger partial charge >= 0.3 is 0 Å². The number of hydrogen-bond acceptors (Lipinski definition) is 3. The van der Waals surface area contributed by atoms with Crippen molar-refractivity contribution in [2.24, 2.45) is 0 Å². The van der Waals surface area contributed by atoms with Gasteiger partial charge in [0.15, 0.2) is 0 Å². The number of aromatic nitrogens is 3. The number of phenols is 1. The van der Waals surface area contributed by atoms with E-state index in [1.165, 1.54) is 0 Å². The van der Waals surface area contributed by atoms with E-state index in [1.54, 1.807) is 4.80 Å². The maximum atomic E-state index is 10.9. The average molecular weight is 435 g/mol. The molecule has 0 unspecified atom stereocenters. The molecule has 0 aliphatic heterocycles. The van der Waals surface area contributed by atoms with Crippen LogP contribution in [-0.2, 0) is 8.84 Å². The molecule has 0 spiro atoms. The van der Waals surface area contributed by atoms with Crippen molar-refractivity contribution in [2.45, 2.75) is 43.5 Å². The molecule has 1 N–H and O–H groups in total. The van der Waals surface area contributed by atoms with Gasteiger partial charge in [-0.1, -0.05) is 61.6 Å². The molecule has 0 saturated carbocycles. The van der Waals surface area contributed by atoms with Crippen molar-refractivity contribution in [2.75, 3.05) is 0 Å². The van der Waals surface area contributed by atoms with Crippen molar-refractivity contribution in [3.8, 4) is 11.4 Å². The molecule has 5 heteroatoms. The Bertz CT molecular complexity index is 868. The van der Waals surface area contributed by atoms with Crippen LogP contribution in [0.15, 0.2) is 36.4 Å². The Labute approximate surface area is 156 Å². The summed E-state index contributed by atoms with van der Waals surface area (Å²) in [5, 5.41) is 20.0. The Morgan fingerprint density at radius 1 is 0.958 bits per heavy atom. The highest BCUT2D eigenvalue weighted by Gasteiger charge is 2.27. The van der Waals surface area contributed by atoms with Gasteiger partial charge in [-0.25, -0.2) is 0 Å². The first-order valence-corrected chi connectivity index (χ1v) is 9.04. The van der Waals surface area contributed by atoms with E-state index < -0.39 is 0 Å². The second kappa shape index (κ2) is 5.72. The lowest BCUT2D eigenvalue weighted by molar-refractivity contribution is 0.454. The largest absolute Gasteiger partial charge is 0.505 e. The summed E-state index contributed by atoms with van der Waals surface area (Å²) in [4.78, 5) is 1.54. The minimum absolute atomic E-state index is 0.0360. The van der Waals surface area contributed by atoms with Crippen LogP contribution in [0.25, 0.3) is 16.7 Å². The molecular weight excluding hydrogens is 413 g/mol. The van der Waals surface area contributed by atoms with Crippen LogP contribution in [0, 0.1) is 0 Å². The summed E-state index contributed by atoms with van der Waals surface area (Å²) in [6.07, 6.45) is 0. The number of phenolic OH excluding ortho intramolecular Hbond substituents is 1. The quantitative estimate of drug-likeness (QED) is 0.451. The van der Waals surface area contributed by atoms with E-state index in [0.29, 0.717) is 5.69 Å². The number of rotatable bonds is 2. The lowest BCUT2D eigenvalue weighted by atomic mass is 9.84. The van der Waals surface area contributed by atoms with Gasteiger partial charge in [0, 0.05) is 8.99 Å². The summed E-state index contributed by atoms with van der Waals surface area (Å²) in [5.41, 5.74) is 4.26. The summed E-state index contributed by atoms with van der Waals surface area (Å²) in [6, 6.07) is 11.8. The molecular formula is C19H22IN3O. The van der Waals surface area contributed by atoms with Crippen molar-refractivity contribution < 1.29 is 5.11 Å². The maximum Gasteiger partial charge on any atom is 0.147 e. The summed E-state index contributed by atoms with van der Waals surface area (Å²) in [5.74, 6) is 0.239.